The summed E-state index contributed by atoms with van der Waals surface area (Å²) in [6.07, 6.45) is 3.12. The lowest BCUT2D eigenvalue weighted by Crippen LogP contribution is -2.14. The lowest BCUT2D eigenvalue weighted by atomic mass is 9.82. The first-order valence-electron chi connectivity index (χ1n) is 10.9. The van der Waals surface area contributed by atoms with Gasteiger partial charge >= 0.3 is 0 Å². The summed E-state index contributed by atoms with van der Waals surface area (Å²) in [6.45, 7) is 4.65. The molecule has 0 fully saturated rings. The van der Waals surface area contributed by atoms with Crippen molar-refractivity contribution in [3.63, 3.8) is 0 Å². The highest BCUT2D eigenvalue weighted by atomic mass is 15.2. The van der Waals surface area contributed by atoms with Crippen LogP contribution in [0.25, 0.3) is 49.7 Å². The Balaban J connectivity index is 1.69. The molecule has 0 atom stereocenters. The SMILES string of the molecule is CC1(C)c2ccccc2-c2cc3c(ccc4c5ccccc5n(-c5ncncn5)c34)cc21. The fourth-order valence-corrected chi connectivity index (χ4v) is 5.54. The number of para-hydroxylation sites is 1. The second kappa shape index (κ2) is 6.01. The van der Waals surface area contributed by atoms with Crippen molar-refractivity contribution in [3.8, 4) is 17.1 Å². The predicted octanol–water partition coefficient (Wildman–Crippen LogP) is 6.43. The van der Waals surface area contributed by atoms with Gasteiger partial charge < -0.3 is 0 Å². The quantitative estimate of drug-likeness (QED) is 0.313. The average Bonchev–Trinajstić information content (AvgIpc) is 3.29. The van der Waals surface area contributed by atoms with Crippen LogP contribution >= 0.6 is 0 Å². The highest BCUT2D eigenvalue weighted by Gasteiger charge is 2.35. The maximum Gasteiger partial charge on any atom is 0.237 e. The lowest BCUT2D eigenvalue weighted by molar-refractivity contribution is 0.661. The van der Waals surface area contributed by atoms with E-state index < -0.39 is 0 Å². The topological polar surface area (TPSA) is 43.6 Å². The summed E-state index contributed by atoms with van der Waals surface area (Å²) in [5, 5.41) is 4.85. The molecule has 0 N–H and O–H groups in total. The van der Waals surface area contributed by atoms with Crippen LogP contribution in [0.3, 0.4) is 0 Å². The molecule has 1 aliphatic carbocycles. The Morgan fingerprint density at radius 2 is 1.47 bits per heavy atom. The Morgan fingerprint density at radius 3 is 2.34 bits per heavy atom. The molecule has 0 spiro atoms. The number of nitrogens with zero attached hydrogens (tertiary/aromatic N) is 4. The summed E-state index contributed by atoms with van der Waals surface area (Å²) in [6, 6.07) is 26.5. The number of fused-ring (bicyclic) bond motifs is 8. The minimum atomic E-state index is -0.0179. The zero-order valence-corrected chi connectivity index (χ0v) is 17.9. The van der Waals surface area contributed by atoms with Crippen molar-refractivity contribution in [1.29, 1.82) is 0 Å². The molecule has 0 radical (unpaired) electrons. The zero-order chi connectivity index (χ0) is 21.4. The second-order valence-electron chi connectivity index (χ2n) is 9.04. The molecule has 4 heteroatoms. The molecule has 0 saturated heterocycles. The molecule has 4 nitrogen and oxygen atoms in total. The fraction of sp³-hybridized carbons (Fsp3) is 0.107. The predicted molar refractivity (Wildman–Crippen MR) is 129 cm³/mol. The average molecular weight is 412 g/mol. The maximum absolute atomic E-state index is 4.50. The highest BCUT2D eigenvalue weighted by molar-refractivity contribution is 6.19. The van der Waals surface area contributed by atoms with Crippen molar-refractivity contribution >= 4 is 32.6 Å². The first-order chi connectivity index (χ1) is 15.6. The van der Waals surface area contributed by atoms with E-state index in [0.29, 0.717) is 5.95 Å². The monoisotopic (exact) mass is 412 g/mol. The van der Waals surface area contributed by atoms with Gasteiger partial charge in [0.1, 0.15) is 12.7 Å². The number of hydrogen-bond acceptors (Lipinski definition) is 3. The first kappa shape index (κ1) is 17.6. The molecule has 7 rings (SSSR count). The summed E-state index contributed by atoms with van der Waals surface area (Å²) in [5.41, 5.74) is 7.64. The molecule has 4 aromatic carbocycles. The molecule has 1 aliphatic rings. The van der Waals surface area contributed by atoms with E-state index in [9.17, 15) is 0 Å². The van der Waals surface area contributed by atoms with Gasteiger partial charge in [0.25, 0.3) is 0 Å². The normalized spacial score (nSPS) is 14.2. The molecule has 0 bridgehead atoms. The van der Waals surface area contributed by atoms with E-state index in [2.05, 4.69) is 106 Å². The molecule has 0 aliphatic heterocycles. The van der Waals surface area contributed by atoms with Gasteiger partial charge in [-0.25, -0.2) is 15.0 Å². The third-order valence-corrected chi connectivity index (χ3v) is 7.03. The van der Waals surface area contributed by atoms with Gasteiger partial charge in [0.05, 0.1) is 11.0 Å². The fourth-order valence-electron chi connectivity index (χ4n) is 5.54. The van der Waals surface area contributed by atoms with Crippen LogP contribution in [0, 0.1) is 0 Å². The second-order valence-corrected chi connectivity index (χ2v) is 9.04. The highest BCUT2D eigenvalue weighted by Crippen LogP contribution is 2.50. The van der Waals surface area contributed by atoms with Crippen molar-refractivity contribution in [1.82, 2.24) is 19.5 Å². The minimum Gasteiger partial charge on any atom is -0.277 e. The van der Waals surface area contributed by atoms with Gasteiger partial charge in [-0.3, -0.25) is 4.57 Å². The van der Waals surface area contributed by atoms with Crippen LogP contribution in [-0.2, 0) is 5.41 Å². The first-order valence-corrected chi connectivity index (χ1v) is 10.9. The summed E-state index contributed by atoms with van der Waals surface area (Å²) in [7, 11) is 0. The van der Waals surface area contributed by atoms with Crippen LogP contribution in [-0.4, -0.2) is 19.5 Å². The maximum atomic E-state index is 4.50. The van der Waals surface area contributed by atoms with Gasteiger partial charge in [-0.2, -0.15) is 0 Å². The molecule has 2 aromatic heterocycles. The largest absolute Gasteiger partial charge is 0.277 e. The van der Waals surface area contributed by atoms with Crippen molar-refractivity contribution in [2.24, 2.45) is 0 Å². The van der Waals surface area contributed by atoms with E-state index >= 15 is 0 Å². The van der Waals surface area contributed by atoms with Gasteiger partial charge in [0.15, 0.2) is 0 Å². The standard InChI is InChI=1S/C28H20N4/c1-28(2)23-9-5-3-7-18(23)22-14-21-17(13-24(22)28)11-12-20-19-8-4-6-10-25(19)32(26(20)21)27-30-15-29-16-31-27/h3-16H,1-2H3. The van der Waals surface area contributed by atoms with Crippen LogP contribution in [0.15, 0.2) is 85.5 Å². The molecule has 0 amide bonds. The number of aromatic nitrogens is 4. The van der Waals surface area contributed by atoms with Crippen LogP contribution in [0.2, 0.25) is 0 Å². The van der Waals surface area contributed by atoms with Crippen LogP contribution in [0.1, 0.15) is 25.0 Å². The van der Waals surface area contributed by atoms with E-state index in [1.807, 2.05) is 0 Å². The Morgan fingerprint density at radius 1 is 0.688 bits per heavy atom. The van der Waals surface area contributed by atoms with Crippen LogP contribution in [0.5, 0.6) is 0 Å². The molecule has 0 unspecified atom stereocenters. The van der Waals surface area contributed by atoms with Gasteiger partial charge in [-0.05, 0) is 45.8 Å². The summed E-state index contributed by atoms with van der Waals surface area (Å²) in [4.78, 5) is 13.0. The van der Waals surface area contributed by atoms with Gasteiger partial charge in [0, 0.05) is 21.6 Å². The number of rotatable bonds is 1. The smallest absolute Gasteiger partial charge is 0.237 e. The third-order valence-electron chi connectivity index (χ3n) is 7.03. The molecule has 2 heterocycles. The summed E-state index contributed by atoms with van der Waals surface area (Å²) >= 11 is 0. The lowest BCUT2D eigenvalue weighted by Gasteiger charge is -2.21. The summed E-state index contributed by atoms with van der Waals surface area (Å²) < 4.78 is 2.17. The van der Waals surface area contributed by atoms with Gasteiger partial charge in [-0.1, -0.05) is 68.4 Å². The molecule has 152 valence electrons. The molecular weight excluding hydrogens is 392 g/mol. The number of hydrogen-bond donors (Lipinski definition) is 0. The van der Waals surface area contributed by atoms with E-state index in [0.717, 1.165) is 11.0 Å². The minimum absolute atomic E-state index is 0.0179. The van der Waals surface area contributed by atoms with E-state index in [1.165, 1.54) is 43.8 Å². The van der Waals surface area contributed by atoms with Crippen molar-refractivity contribution in [3.05, 3.63) is 96.6 Å². The van der Waals surface area contributed by atoms with Crippen molar-refractivity contribution in [2.45, 2.75) is 19.3 Å². The van der Waals surface area contributed by atoms with E-state index in [4.69, 9.17) is 0 Å². The Kier molecular flexibility index (Phi) is 3.31. The van der Waals surface area contributed by atoms with Crippen LogP contribution in [0.4, 0.5) is 0 Å². The molecule has 32 heavy (non-hydrogen) atoms. The number of benzene rings is 4. The summed E-state index contributed by atoms with van der Waals surface area (Å²) in [5.74, 6) is 0.639. The van der Waals surface area contributed by atoms with E-state index in [1.54, 1.807) is 12.7 Å². The zero-order valence-electron chi connectivity index (χ0n) is 17.9. The van der Waals surface area contributed by atoms with Crippen molar-refractivity contribution < 1.29 is 0 Å². The molecular formula is C28H20N4. The molecule has 6 aromatic rings. The van der Waals surface area contributed by atoms with Crippen molar-refractivity contribution in [2.75, 3.05) is 0 Å². The van der Waals surface area contributed by atoms with Gasteiger partial charge in [-0.15, -0.1) is 0 Å². The Hall–Kier alpha value is -4.05. The van der Waals surface area contributed by atoms with Crippen LogP contribution < -0.4 is 0 Å². The Labute approximate surface area is 185 Å². The molecule has 0 saturated carbocycles. The van der Waals surface area contributed by atoms with E-state index in [-0.39, 0.29) is 5.41 Å². The third kappa shape index (κ3) is 2.14. The Bertz CT molecular complexity index is 1690. The van der Waals surface area contributed by atoms with Gasteiger partial charge in [0.2, 0.25) is 5.95 Å².